The minimum absolute atomic E-state index is 0.0359. The van der Waals surface area contributed by atoms with Crippen molar-refractivity contribution in [2.75, 3.05) is 23.3 Å². The molecule has 2 aliphatic rings. The Bertz CT molecular complexity index is 639. The largest absolute Gasteiger partial charge is 0.371 e. The van der Waals surface area contributed by atoms with Crippen LogP contribution in [0.4, 0.5) is 11.4 Å². The van der Waals surface area contributed by atoms with E-state index in [1.807, 2.05) is 39.0 Å². The van der Waals surface area contributed by atoms with Crippen LogP contribution in [0.5, 0.6) is 0 Å². The number of amides is 2. The van der Waals surface area contributed by atoms with E-state index in [4.69, 9.17) is 0 Å². The van der Waals surface area contributed by atoms with Crippen LogP contribution >= 0.6 is 0 Å². The van der Waals surface area contributed by atoms with Crippen LogP contribution in [0, 0.1) is 5.41 Å². The first-order chi connectivity index (χ1) is 11.3. The number of hydrogen-bond donors (Lipinski definition) is 2. The molecule has 1 heterocycles. The molecule has 0 atom stereocenters. The SMILES string of the molecule is CC(C)(C)C(=O)Nc1ccc(N2CCCC2)c(C(=O)NC2CC2)c1. The summed E-state index contributed by atoms with van der Waals surface area (Å²) in [5.74, 6) is -0.0868. The molecule has 0 spiro atoms. The summed E-state index contributed by atoms with van der Waals surface area (Å²) in [5.41, 5.74) is 1.85. The summed E-state index contributed by atoms with van der Waals surface area (Å²) < 4.78 is 0. The fourth-order valence-corrected chi connectivity index (χ4v) is 2.84. The molecule has 0 radical (unpaired) electrons. The molecule has 1 aromatic rings. The first-order valence-corrected chi connectivity index (χ1v) is 8.86. The van der Waals surface area contributed by atoms with Gasteiger partial charge in [0, 0.05) is 35.9 Å². The van der Waals surface area contributed by atoms with Crippen molar-refractivity contribution in [2.45, 2.75) is 52.5 Å². The highest BCUT2D eigenvalue weighted by Gasteiger charge is 2.27. The van der Waals surface area contributed by atoms with Gasteiger partial charge in [-0.25, -0.2) is 0 Å². The third-order valence-corrected chi connectivity index (χ3v) is 4.54. The summed E-state index contributed by atoms with van der Waals surface area (Å²) in [7, 11) is 0. The van der Waals surface area contributed by atoms with Gasteiger partial charge in [0.25, 0.3) is 5.91 Å². The van der Waals surface area contributed by atoms with E-state index in [9.17, 15) is 9.59 Å². The van der Waals surface area contributed by atoms with Crippen LogP contribution in [0.1, 0.15) is 56.8 Å². The van der Waals surface area contributed by atoms with Gasteiger partial charge in [-0.1, -0.05) is 20.8 Å². The number of anilines is 2. The maximum atomic E-state index is 12.7. The van der Waals surface area contributed by atoms with Crippen LogP contribution in [-0.2, 0) is 4.79 Å². The van der Waals surface area contributed by atoms with Gasteiger partial charge in [-0.15, -0.1) is 0 Å². The number of benzene rings is 1. The quantitative estimate of drug-likeness (QED) is 0.892. The fraction of sp³-hybridized carbons (Fsp3) is 0.579. The summed E-state index contributed by atoms with van der Waals surface area (Å²) in [5, 5.41) is 5.99. The average Bonchev–Trinajstić information content (AvgIpc) is 3.16. The first-order valence-electron chi connectivity index (χ1n) is 8.86. The van der Waals surface area contributed by atoms with Crippen molar-refractivity contribution in [2.24, 2.45) is 5.41 Å². The van der Waals surface area contributed by atoms with Crippen molar-refractivity contribution < 1.29 is 9.59 Å². The molecule has 3 rings (SSSR count). The smallest absolute Gasteiger partial charge is 0.253 e. The van der Waals surface area contributed by atoms with Gasteiger partial charge in [0.05, 0.1) is 5.56 Å². The summed E-state index contributed by atoms with van der Waals surface area (Å²) in [4.78, 5) is 27.1. The van der Waals surface area contributed by atoms with Crippen molar-refractivity contribution in [3.8, 4) is 0 Å². The lowest BCUT2D eigenvalue weighted by Crippen LogP contribution is -2.30. The van der Waals surface area contributed by atoms with E-state index >= 15 is 0 Å². The zero-order valence-electron chi connectivity index (χ0n) is 14.8. The van der Waals surface area contributed by atoms with E-state index in [1.54, 1.807) is 0 Å². The summed E-state index contributed by atoms with van der Waals surface area (Å²) in [6.45, 7) is 7.60. The molecule has 1 aliphatic carbocycles. The second-order valence-corrected chi connectivity index (χ2v) is 7.88. The lowest BCUT2D eigenvalue weighted by molar-refractivity contribution is -0.123. The Labute approximate surface area is 143 Å². The van der Waals surface area contributed by atoms with Crippen LogP contribution in [-0.4, -0.2) is 30.9 Å². The molecule has 24 heavy (non-hydrogen) atoms. The second kappa shape index (κ2) is 6.46. The minimum atomic E-state index is -0.468. The zero-order chi connectivity index (χ0) is 17.3. The minimum Gasteiger partial charge on any atom is -0.371 e. The second-order valence-electron chi connectivity index (χ2n) is 7.88. The predicted molar refractivity (Wildman–Crippen MR) is 96.5 cm³/mol. The van der Waals surface area contributed by atoms with Crippen LogP contribution in [0.3, 0.4) is 0 Å². The Morgan fingerprint density at radius 1 is 1.12 bits per heavy atom. The maximum absolute atomic E-state index is 12.7. The Balaban J connectivity index is 1.86. The lowest BCUT2D eigenvalue weighted by Gasteiger charge is -2.23. The third kappa shape index (κ3) is 3.89. The molecule has 1 saturated carbocycles. The van der Waals surface area contributed by atoms with Gasteiger partial charge in [0.1, 0.15) is 0 Å². The molecule has 2 fully saturated rings. The van der Waals surface area contributed by atoms with E-state index in [-0.39, 0.29) is 11.8 Å². The molecule has 0 bridgehead atoms. The molecule has 130 valence electrons. The topological polar surface area (TPSA) is 61.4 Å². The Morgan fingerprint density at radius 3 is 2.38 bits per heavy atom. The standard InChI is InChI=1S/C19H27N3O2/c1-19(2,3)18(24)21-14-8-9-16(22-10-4-5-11-22)15(12-14)17(23)20-13-6-7-13/h8-9,12-13H,4-7,10-11H2,1-3H3,(H,20,23)(H,21,24). The van der Waals surface area contributed by atoms with Crippen molar-refractivity contribution in [1.29, 1.82) is 0 Å². The van der Waals surface area contributed by atoms with E-state index in [0.29, 0.717) is 17.3 Å². The Kier molecular flexibility index (Phi) is 4.52. The van der Waals surface area contributed by atoms with Crippen molar-refractivity contribution in [3.63, 3.8) is 0 Å². The van der Waals surface area contributed by atoms with E-state index in [2.05, 4.69) is 15.5 Å². The molecule has 5 nitrogen and oxygen atoms in total. The van der Waals surface area contributed by atoms with E-state index in [1.165, 1.54) is 0 Å². The van der Waals surface area contributed by atoms with E-state index < -0.39 is 5.41 Å². The molecule has 1 aliphatic heterocycles. The van der Waals surface area contributed by atoms with Crippen LogP contribution in [0.15, 0.2) is 18.2 Å². The van der Waals surface area contributed by atoms with Gasteiger partial charge in [0.15, 0.2) is 0 Å². The molecular weight excluding hydrogens is 302 g/mol. The van der Waals surface area contributed by atoms with Gasteiger partial charge in [-0.3, -0.25) is 9.59 Å². The highest BCUT2D eigenvalue weighted by atomic mass is 16.2. The Morgan fingerprint density at radius 2 is 1.79 bits per heavy atom. The van der Waals surface area contributed by atoms with Gasteiger partial charge in [-0.05, 0) is 43.9 Å². The van der Waals surface area contributed by atoms with Gasteiger partial charge in [0.2, 0.25) is 5.91 Å². The predicted octanol–water partition coefficient (Wildman–Crippen LogP) is 3.16. The molecule has 1 saturated heterocycles. The number of carbonyl (C=O) groups excluding carboxylic acids is 2. The lowest BCUT2D eigenvalue weighted by atomic mass is 9.95. The summed E-state index contributed by atoms with van der Waals surface area (Å²) in [6.07, 6.45) is 4.44. The molecule has 5 heteroatoms. The van der Waals surface area contributed by atoms with Gasteiger partial charge >= 0.3 is 0 Å². The fourth-order valence-electron chi connectivity index (χ4n) is 2.84. The molecule has 0 aromatic heterocycles. The monoisotopic (exact) mass is 329 g/mol. The maximum Gasteiger partial charge on any atom is 0.253 e. The first kappa shape index (κ1) is 16.8. The molecular formula is C19H27N3O2. The van der Waals surface area contributed by atoms with Crippen LogP contribution in [0.25, 0.3) is 0 Å². The molecule has 1 aromatic carbocycles. The molecule has 2 N–H and O–H groups in total. The van der Waals surface area contributed by atoms with Gasteiger partial charge < -0.3 is 15.5 Å². The molecule has 0 unspecified atom stereocenters. The average molecular weight is 329 g/mol. The highest BCUT2D eigenvalue weighted by Crippen LogP contribution is 2.29. The van der Waals surface area contributed by atoms with Gasteiger partial charge in [-0.2, -0.15) is 0 Å². The van der Waals surface area contributed by atoms with Crippen molar-refractivity contribution >= 4 is 23.2 Å². The number of carbonyl (C=O) groups is 2. The number of nitrogens with one attached hydrogen (secondary N) is 2. The number of nitrogens with zero attached hydrogens (tertiary/aromatic N) is 1. The number of rotatable bonds is 4. The van der Waals surface area contributed by atoms with E-state index in [0.717, 1.165) is 44.5 Å². The Hall–Kier alpha value is -2.04. The van der Waals surface area contributed by atoms with Crippen molar-refractivity contribution in [1.82, 2.24) is 5.32 Å². The number of hydrogen-bond acceptors (Lipinski definition) is 3. The van der Waals surface area contributed by atoms with Crippen LogP contribution in [0.2, 0.25) is 0 Å². The highest BCUT2D eigenvalue weighted by molar-refractivity contribution is 6.02. The zero-order valence-corrected chi connectivity index (χ0v) is 14.8. The summed E-state index contributed by atoms with van der Waals surface area (Å²) in [6, 6.07) is 5.99. The third-order valence-electron chi connectivity index (χ3n) is 4.54. The summed E-state index contributed by atoms with van der Waals surface area (Å²) >= 11 is 0. The van der Waals surface area contributed by atoms with Crippen LogP contribution < -0.4 is 15.5 Å². The normalized spacial score (nSPS) is 17.7. The van der Waals surface area contributed by atoms with Crippen molar-refractivity contribution in [3.05, 3.63) is 23.8 Å². The molecule has 2 amide bonds.